The molecule has 0 aliphatic heterocycles. The molecule has 0 atom stereocenters. The van der Waals surface area contributed by atoms with E-state index >= 15 is 0 Å². The molecule has 2 rings (SSSR count). The third-order valence-corrected chi connectivity index (χ3v) is 3.83. The molecule has 0 saturated heterocycles. The maximum Gasteiger partial charge on any atom is 0.276 e. The van der Waals surface area contributed by atoms with Crippen LogP contribution in [0.1, 0.15) is 22.8 Å². The topological polar surface area (TPSA) is 67.4 Å². The molecule has 120 valence electrons. The van der Waals surface area contributed by atoms with Crippen molar-refractivity contribution in [2.24, 2.45) is 0 Å². The second-order valence-corrected chi connectivity index (χ2v) is 5.62. The van der Waals surface area contributed by atoms with Gasteiger partial charge in [-0.2, -0.15) is 0 Å². The lowest BCUT2D eigenvalue weighted by atomic mass is 10.2. The minimum Gasteiger partial charge on any atom is -0.484 e. The highest BCUT2D eigenvalue weighted by molar-refractivity contribution is 9.10. The minimum atomic E-state index is -0.440. The molecule has 0 fully saturated rings. The minimum absolute atomic E-state index is 0.179. The van der Waals surface area contributed by atoms with Crippen molar-refractivity contribution in [1.82, 2.24) is 10.9 Å². The largest absolute Gasteiger partial charge is 0.484 e. The fraction of sp³-hybridized carbons (Fsp3) is 0.176. The highest BCUT2D eigenvalue weighted by Gasteiger charge is 2.10. The summed E-state index contributed by atoms with van der Waals surface area (Å²) in [5.74, 6) is -0.238. The molecule has 0 aromatic heterocycles. The van der Waals surface area contributed by atoms with Crippen LogP contribution in [0.5, 0.6) is 5.75 Å². The predicted molar refractivity (Wildman–Crippen MR) is 91.1 cm³/mol. The average Bonchev–Trinajstić information content (AvgIpc) is 2.58. The zero-order valence-corrected chi connectivity index (χ0v) is 14.2. The Morgan fingerprint density at radius 1 is 1.04 bits per heavy atom. The molecule has 0 spiro atoms. The number of hydrogen-bond acceptors (Lipinski definition) is 3. The van der Waals surface area contributed by atoms with Crippen molar-refractivity contribution in [3.05, 3.63) is 64.1 Å². The molecule has 6 heteroatoms. The smallest absolute Gasteiger partial charge is 0.276 e. The maximum absolute atomic E-state index is 11.9. The summed E-state index contributed by atoms with van der Waals surface area (Å²) in [4.78, 5) is 23.6. The van der Waals surface area contributed by atoms with Crippen LogP contribution < -0.4 is 15.6 Å². The second-order valence-electron chi connectivity index (χ2n) is 4.77. The van der Waals surface area contributed by atoms with E-state index in [9.17, 15) is 9.59 Å². The van der Waals surface area contributed by atoms with E-state index < -0.39 is 11.8 Å². The van der Waals surface area contributed by atoms with Gasteiger partial charge in [-0.05, 0) is 52.2 Å². The lowest BCUT2D eigenvalue weighted by Crippen LogP contribution is -2.43. The lowest BCUT2D eigenvalue weighted by molar-refractivity contribution is -0.123. The molecule has 0 aliphatic carbocycles. The van der Waals surface area contributed by atoms with Gasteiger partial charge in [0.25, 0.3) is 11.8 Å². The average molecular weight is 377 g/mol. The fourth-order valence-corrected chi connectivity index (χ4v) is 2.31. The summed E-state index contributed by atoms with van der Waals surface area (Å²) in [5, 5.41) is 0. The van der Waals surface area contributed by atoms with Crippen LogP contribution in [-0.4, -0.2) is 18.4 Å². The van der Waals surface area contributed by atoms with Gasteiger partial charge >= 0.3 is 0 Å². The molecular weight excluding hydrogens is 360 g/mol. The first-order valence-electron chi connectivity index (χ1n) is 7.15. The van der Waals surface area contributed by atoms with Gasteiger partial charge in [-0.15, -0.1) is 0 Å². The number of nitrogens with one attached hydrogen (secondary N) is 2. The highest BCUT2D eigenvalue weighted by Crippen LogP contribution is 2.15. The number of halogens is 1. The zero-order chi connectivity index (χ0) is 16.7. The summed E-state index contributed by atoms with van der Waals surface area (Å²) in [6.45, 7) is 1.89. The first kappa shape index (κ1) is 17.0. The Hall–Kier alpha value is -2.34. The van der Waals surface area contributed by atoms with E-state index in [1.54, 1.807) is 24.3 Å². The Balaban J connectivity index is 1.78. The summed E-state index contributed by atoms with van der Waals surface area (Å²) in [6, 6.07) is 14.5. The summed E-state index contributed by atoms with van der Waals surface area (Å²) in [6.07, 6.45) is 0.946. The van der Waals surface area contributed by atoms with E-state index in [1.807, 2.05) is 24.3 Å². The van der Waals surface area contributed by atoms with Crippen molar-refractivity contribution in [3.63, 3.8) is 0 Å². The van der Waals surface area contributed by atoms with Crippen LogP contribution in [0.3, 0.4) is 0 Å². The number of amides is 2. The summed E-state index contributed by atoms with van der Waals surface area (Å²) < 4.78 is 6.01. The first-order valence-corrected chi connectivity index (χ1v) is 7.95. The molecule has 0 aliphatic rings. The quantitative estimate of drug-likeness (QED) is 0.788. The summed E-state index contributed by atoms with van der Waals surface area (Å²) in [7, 11) is 0. The van der Waals surface area contributed by atoms with Crippen LogP contribution in [0.4, 0.5) is 0 Å². The number of carbonyl (C=O) groups excluding carboxylic acids is 2. The first-order chi connectivity index (χ1) is 11.1. The van der Waals surface area contributed by atoms with Gasteiger partial charge in [0.15, 0.2) is 6.61 Å². The number of carbonyl (C=O) groups is 2. The van der Waals surface area contributed by atoms with Gasteiger partial charge in [-0.25, -0.2) is 0 Å². The van der Waals surface area contributed by atoms with E-state index in [2.05, 4.69) is 33.7 Å². The van der Waals surface area contributed by atoms with E-state index in [-0.39, 0.29) is 6.61 Å². The van der Waals surface area contributed by atoms with E-state index in [0.717, 1.165) is 6.42 Å². The molecule has 2 N–H and O–H groups in total. The van der Waals surface area contributed by atoms with Gasteiger partial charge in [0.05, 0.1) is 5.56 Å². The Morgan fingerprint density at radius 2 is 1.74 bits per heavy atom. The Bertz CT molecular complexity index is 686. The standard InChI is InChI=1S/C17H17BrN2O3/c1-2-12-7-9-13(10-8-12)23-11-16(21)19-20-17(22)14-5-3-4-6-15(14)18/h3-10H,2,11H2,1H3,(H,19,21)(H,20,22). The number of ether oxygens (including phenoxy) is 1. The lowest BCUT2D eigenvalue weighted by Gasteiger charge is -2.10. The number of aryl methyl sites for hydroxylation is 1. The van der Waals surface area contributed by atoms with E-state index in [1.165, 1.54) is 5.56 Å². The van der Waals surface area contributed by atoms with Gasteiger partial charge in [0, 0.05) is 4.47 Å². The molecule has 2 aromatic carbocycles. The van der Waals surface area contributed by atoms with Crippen molar-refractivity contribution in [1.29, 1.82) is 0 Å². The predicted octanol–water partition coefficient (Wildman–Crippen LogP) is 2.85. The molecule has 0 radical (unpaired) electrons. The molecule has 0 unspecified atom stereocenters. The molecule has 2 amide bonds. The maximum atomic E-state index is 11.9. The summed E-state index contributed by atoms with van der Waals surface area (Å²) >= 11 is 3.28. The molecule has 5 nitrogen and oxygen atoms in total. The Labute approximate surface area is 143 Å². The molecule has 23 heavy (non-hydrogen) atoms. The third kappa shape index (κ3) is 5.10. The van der Waals surface area contributed by atoms with Crippen LogP contribution in [0.15, 0.2) is 53.0 Å². The van der Waals surface area contributed by atoms with Gasteiger partial charge in [0.2, 0.25) is 0 Å². The van der Waals surface area contributed by atoms with Crippen molar-refractivity contribution in [2.75, 3.05) is 6.61 Å². The van der Waals surface area contributed by atoms with Crippen LogP contribution in [0, 0.1) is 0 Å². The van der Waals surface area contributed by atoms with Crippen molar-refractivity contribution in [2.45, 2.75) is 13.3 Å². The van der Waals surface area contributed by atoms with Crippen LogP contribution in [-0.2, 0) is 11.2 Å². The van der Waals surface area contributed by atoms with Gasteiger partial charge in [0.1, 0.15) is 5.75 Å². The monoisotopic (exact) mass is 376 g/mol. The van der Waals surface area contributed by atoms with Crippen LogP contribution in [0.25, 0.3) is 0 Å². The van der Waals surface area contributed by atoms with Gasteiger partial charge in [-0.1, -0.05) is 31.2 Å². The second kappa shape index (κ2) is 8.33. The molecule has 0 heterocycles. The van der Waals surface area contributed by atoms with E-state index in [0.29, 0.717) is 15.8 Å². The Kier molecular flexibility index (Phi) is 6.17. The molecular formula is C17H17BrN2O3. The SMILES string of the molecule is CCc1ccc(OCC(=O)NNC(=O)c2ccccc2Br)cc1. The van der Waals surface area contributed by atoms with E-state index in [4.69, 9.17) is 4.74 Å². The number of benzene rings is 2. The fourth-order valence-electron chi connectivity index (χ4n) is 1.85. The Morgan fingerprint density at radius 3 is 2.39 bits per heavy atom. The summed E-state index contributed by atoms with van der Waals surface area (Å²) in [5.41, 5.74) is 6.29. The highest BCUT2D eigenvalue weighted by atomic mass is 79.9. The third-order valence-electron chi connectivity index (χ3n) is 3.14. The number of hydrazine groups is 1. The molecule has 0 bridgehead atoms. The molecule has 2 aromatic rings. The van der Waals surface area contributed by atoms with Crippen molar-refractivity contribution < 1.29 is 14.3 Å². The van der Waals surface area contributed by atoms with Gasteiger partial charge in [-0.3, -0.25) is 20.4 Å². The van der Waals surface area contributed by atoms with Crippen LogP contribution >= 0.6 is 15.9 Å². The number of hydrogen-bond donors (Lipinski definition) is 2. The van der Waals surface area contributed by atoms with Gasteiger partial charge < -0.3 is 4.74 Å². The molecule has 0 saturated carbocycles. The van der Waals surface area contributed by atoms with Crippen molar-refractivity contribution >= 4 is 27.7 Å². The van der Waals surface area contributed by atoms with Crippen LogP contribution in [0.2, 0.25) is 0 Å². The number of rotatable bonds is 5. The zero-order valence-electron chi connectivity index (χ0n) is 12.6. The van der Waals surface area contributed by atoms with Crippen molar-refractivity contribution in [3.8, 4) is 5.75 Å². The normalized spacial score (nSPS) is 10.0.